The molecule has 0 radical (unpaired) electrons. The highest BCUT2D eigenvalue weighted by Gasteiger charge is 2.10. The Hall–Kier alpha value is -2.38. The first-order valence-electron chi connectivity index (χ1n) is 6.25. The van der Waals surface area contributed by atoms with Crippen LogP contribution in [0.3, 0.4) is 0 Å². The minimum atomic E-state index is -0.471. The molecule has 2 aromatic carbocycles. The number of ether oxygens (including phenoxy) is 1. The lowest BCUT2D eigenvalue weighted by atomic mass is 10.1. The molecule has 2 N–H and O–H groups in total. The minimum absolute atomic E-state index is 0.118. The van der Waals surface area contributed by atoms with Crippen molar-refractivity contribution >= 4 is 0 Å². The lowest BCUT2D eigenvalue weighted by Crippen LogP contribution is -2.05. The molecule has 4 heteroatoms. The maximum absolute atomic E-state index is 14.0. The van der Waals surface area contributed by atoms with Crippen LogP contribution in [0.5, 0.6) is 11.5 Å². The first-order valence-corrected chi connectivity index (χ1v) is 6.25. The fraction of sp³-hybridized carbons (Fsp3) is 0.188. The molecule has 20 heavy (non-hydrogen) atoms. The van der Waals surface area contributed by atoms with E-state index in [9.17, 15) is 4.39 Å². The Morgan fingerprint density at radius 1 is 1.20 bits per heavy atom. The summed E-state index contributed by atoms with van der Waals surface area (Å²) in [7, 11) is 0. The Balaban J connectivity index is 2.33. The Morgan fingerprint density at radius 3 is 2.55 bits per heavy atom. The third kappa shape index (κ3) is 2.95. The second-order valence-electron chi connectivity index (χ2n) is 4.67. The Morgan fingerprint density at radius 2 is 1.95 bits per heavy atom. The third-order valence-corrected chi connectivity index (χ3v) is 3.02. The fourth-order valence-electron chi connectivity index (χ4n) is 1.78. The Kier molecular flexibility index (Phi) is 4.02. The second kappa shape index (κ2) is 5.72. The highest BCUT2D eigenvalue weighted by molar-refractivity contribution is 5.44. The molecule has 0 saturated carbocycles. The van der Waals surface area contributed by atoms with E-state index in [4.69, 9.17) is 15.7 Å². The number of hydrogen-bond donors (Lipinski definition) is 1. The van der Waals surface area contributed by atoms with Crippen molar-refractivity contribution in [1.82, 2.24) is 0 Å². The van der Waals surface area contributed by atoms with Crippen LogP contribution in [0.25, 0.3) is 0 Å². The van der Waals surface area contributed by atoms with E-state index in [-0.39, 0.29) is 11.8 Å². The van der Waals surface area contributed by atoms with Crippen LogP contribution in [0.15, 0.2) is 36.4 Å². The molecule has 0 aliphatic heterocycles. The summed E-state index contributed by atoms with van der Waals surface area (Å²) >= 11 is 0. The quantitative estimate of drug-likeness (QED) is 0.922. The van der Waals surface area contributed by atoms with E-state index >= 15 is 0 Å². The van der Waals surface area contributed by atoms with E-state index in [1.165, 1.54) is 6.07 Å². The maximum Gasteiger partial charge on any atom is 0.166 e. The molecule has 3 nitrogen and oxygen atoms in total. The van der Waals surface area contributed by atoms with Crippen molar-refractivity contribution in [3.05, 3.63) is 58.9 Å². The lowest BCUT2D eigenvalue weighted by Gasteiger charge is -2.12. The molecule has 1 unspecified atom stereocenters. The van der Waals surface area contributed by atoms with E-state index in [1.807, 2.05) is 13.0 Å². The van der Waals surface area contributed by atoms with Gasteiger partial charge in [-0.2, -0.15) is 5.26 Å². The van der Waals surface area contributed by atoms with Gasteiger partial charge in [0.05, 0.1) is 11.6 Å². The van der Waals surface area contributed by atoms with Crippen LogP contribution in [0.1, 0.15) is 29.7 Å². The number of halogens is 1. The standard InChI is InChI=1S/C16H15FN2O/c1-10-3-4-12(9-18)7-16(10)20-15-6-5-13(11(2)19)8-14(15)17/h3-8,11H,19H2,1-2H3. The molecule has 0 fully saturated rings. The molecular weight excluding hydrogens is 255 g/mol. The monoisotopic (exact) mass is 270 g/mol. The van der Waals surface area contributed by atoms with E-state index in [1.54, 1.807) is 37.3 Å². The van der Waals surface area contributed by atoms with Crippen molar-refractivity contribution in [2.75, 3.05) is 0 Å². The smallest absolute Gasteiger partial charge is 0.166 e. The molecular formula is C16H15FN2O. The van der Waals surface area contributed by atoms with E-state index in [0.717, 1.165) is 5.56 Å². The van der Waals surface area contributed by atoms with Gasteiger partial charge >= 0.3 is 0 Å². The first-order chi connectivity index (χ1) is 9.51. The van der Waals surface area contributed by atoms with Crippen molar-refractivity contribution in [2.45, 2.75) is 19.9 Å². The van der Waals surface area contributed by atoms with Crippen molar-refractivity contribution in [1.29, 1.82) is 5.26 Å². The first kappa shape index (κ1) is 14.0. The molecule has 0 bridgehead atoms. The number of hydrogen-bond acceptors (Lipinski definition) is 3. The number of rotatable bonds is 3. The number of nitrogens with zero attached hydrogens (tertiary/aromatic N) is 1. The Labute approximate surface area is 117 Å². The summed E-state index contributed by atoms with van der Waals surface area (Å²) in [6, 6.07) is 11.5. The molecule has 0 aliphatic carbocycles. The molecule has 0 heterocycles. The number of aryl methyl sites for hydroxylation is 1. The maximum atomic E-state index is 14.0. The largest absolute Gasteiger partial charge is 0.454 e. The van der Waals surface area contributed by atoms with Gasteiger partial charge in [-0.05, 0) is 49.2 Å². The van der Waals surface area contributed by atoms with Gasteiger partial charge in [-0.1, -0.05) is 12.1 Å². The summed E-state index contributed by atoms with van der Waals surface area (Å²) in [6.07, 6.45) is 0. The average Bonchev–Trinajstić information content (AvgIpc) is 2.43. The molecule has 1 atom stereocenters. The molecule has 0 saturated heterocycles. The summed E-state index contributed by atoms with van der Waals surface area (Å²) in [5.74, 6) is 0.116. The highest BCUT2D eigenvalue weighted by Crippen LogP contribution is 2.29. The zero-order valence-corrected chi connectivity index (χ0v) is 11.4. The second-order valence-corrected chi connectivity index (χ2v) is 4.67. The molecule has 0 spiro atoms. The van der Waals surface area contributed by atoms with Gasteiger partial charge in [0, 0.05) is 6.04 Å². The van der Waals surface area contributed by atoms with Gasteiger partial charge in [0.15, 0.2) is 11.6 Å². The van der Waals surface area contributed by atoms with Gasteiger partial charge in [0.25, 0.3) is 0 Å². The highest BCUT2D eigenvalue weighted by atomic mass is 19.1. The van der Waals surface area contributed by atoms with Crippen molar-refractivity contribution in [3.63, 3.8) is 0 Å². The normalized spacial score (nSPS) is 11.8. The van der Waals surface area contributed by atoms with Crippen molar-refractivity contribution in [3.8, 4) is 17.6 Å². The average molecular weight is 270 g/mol. The summed E-state index contributed by atoms with van der Waals surface area (Å²) in [4.78, 5) is 0. The third-order valence-electron chi connectivity index (χ3n) is 3.02. The molecule has 2 rings (SSSR count). The van der Waals surface area contributed by atoms with Gasteiger partial charge in [0.2, 0.25) is 0 Å². The van der Waals surface area contributed by atoms with Gasteiger partial charge in [-0.25, -0.2) is 4.39 Å². The van der Waals surface area contributed by atoms with Crippen LogP contribution < -0.4 is 10.5 Å². The topological polar surface area (TPSA) is 59.0 Å². The predicted molar refractivity (Wildman–Crippen MR) is 75.0 cm³/mol. The van der Waals surface area contributed by atoms with Crippen LogP contribution in [0.2, 0.25) is 0 Å². The molecule has 102 valence electrons. The summed E-state index contributed by atoms with van der Waals surface area (Å²) < 4.78 is 19.5. The van der Waals surface area contributed by atoms with Gasteiger partial charge in [-0.15, -0.1) is 0 Å². The molecule has 0 amide bonds. The van der Waals surface area contributed by atoms with Gasteiger partial charge < -0.3 is 10.5 Å². The SMILES string of the molecule is Cc1ccc(C#N)cc1Oc1ccc(C(C)N)cc1F. The van der Waals surface area contributed by atoms with Crippen molar-refractivity contribution in [2.24, 2.45) is 5.73 Å². The summed E-state index contributed by atoms with van der Waals surface area (Å²) in [6.45, 7) is 3.63. The minimum Gasteiger partial charge on any atom is -0.454 e. The van der Waals surface area contributed by atoms with Crippen LogP contribution in [0, 0.1) is 24.1 Å². The zero-order chi connectivity index (χ0) is 14.7. The van der Waals surface area contributed by atoms with E-state index in [0.29, 0.717) is 16.9 Å². The number of nitriles is 1. The van der Waals surface area contributed by atoms with E-state index < -0.39 is 5.82 Å². The van der Waals surface area contributed by atoms with Gasteiger partial charge in [0.1, 0.15) is 5.75 Å². The molecule has 0 aliphatic rings. The van der Waals surface area contributed by atoms with Gasteiger partial charge in [-0.3, -0.25) is 0 Å². The van der Waals surface area contributed by atoms with Crippen molar-refractivity contribution < 1.29 is 9.13 Å². The predicted octanol–water partition coefficient (Wildman–Crippen LogP) is 3.82. The molecule has 0 aromatic heterocycles. The summed E-state index contributed by atoms with van der Waals surface area (Å²) in [5.41, 5.74) is 7.71. The zero-order valence-electron chi connectivity index (χ0n) is 11.4. The van der Waals surface area contributed by atoms with Crippen LogP contribution in [-0.2, 0) is 0 Å². The van der Waals surface area contributed by atoms with Crippen LogP contribution >= 0.6 is 0 Å². The number of benzene rings is 2. The Bertz CT molecular complexity index is 675. The summed E-state index contributed by atoms with van der Waals surface area (Å²) in [5, 5.41) is 8.88. The lowest BCUT2D eigenvalue weighted by molar-refractivity contribution is 0.438. The molecule has 2 aromatic rings. The van der Waals surface area contributed by atoms with Crippen LogP contribution in [0.4, 0.5) is 4.39 Å². The fourth-order valence-corrected chi connectivity index (χ4v) is 1.78. The number of nitrogens with two attached hydrogens (primary N) is 1. The van der Waals surface area contributed by atoms with Crippen LogP contribution in [-0.4, -0.2) is 0 Å². The van der Waals surface area contributed by atoms with E-state index in [2.05, 4.69) is 0 Å².